The SMILES string of the molecule is COc1cc(C(=O)N2CC3CCC2[C@@H]3N)cc2nc(-c3cc4ccc(-c5cccc6c5NC(=O)C6)cc4n3CC3CC3)n(C)c12. The van der Waals surface area contributed by atoms with Crippen LogP contribution in [0.5, 0.6) is 5.75 Å². The number of carbonyl (C=O) groups excluding carboxylic acids is 2. The van der Waals surface area contributed by atoms with E-state index in [0.29, 0.717) is 29.6 Å². The van der Waals surface area contributed by atoms with E-state index in [2.05, 4.69) is 44.8 Å². The zero-order chi connectivity index (χ0) is 30.6. The lowest BCUT2D eigenvalue weighted by atomic mass is 9.99. The highest BCUT2D eigenvalue weighted by molar-refractivity contribution is 6.05. The third-order valence-corrected chi connectivity index (χ3v) is 10.7. The molecule has 3 atom stereocenters. The molecule has 4 heterocycles. The van der Waals surface area contributed by atoms with Crippen molar-refractivity contribution in [2.75, 3.05) is 19.0 Å². The van der Waals surface area contributed by atoms with Gasteiger partial charge in [-0.1, -0.05) is 30.3 Å². The summed E-state index contributed by atoms with van der Waals surface area (Å²) in [5.41, 5.74) is 14.9. The van der Waals surface area contributed by atoms with E-state index in [0.717, 1.165) is 81.8 Å². The molecule has 2 aliphatic carbocycles. The number of aryl methyl sites for hydroxylation is 1. The van der Waals surface area contributed by atoms with Gasteiger partial charge in [-0.3, -0.25) is 9.59 Å². The molecular formula is C36H36N6O3. The molecule has 2 saturated carbocycles. The van der Waals surface area contributed by atoms with Gasteiger partial charge in [-0.15, -0.1) is 0 Å². The molecule has 9 heteroatoms. The van der Waals surface area contributed by atoms with Gasteiger partial charge < -0.3 is 29.8 Å². The minimum Gasteiger partial charge on any atom is -0.494 e. The monoisotopic (exact) mass is 600 g/mol. The van der Waals surface area contributed by atoms with Crippen molar-refractivity contribution in [1.29, 1.82) is 0 Å². The Labute approximate surface area is 261 Å². The molecule has 2 unspecified atom stereocenters. The van der Waals surface area contributed by atoms with Crippen molar-refractivity contribution in [3.8, 4) is 28.4 Å². The Morgan fingerprint density at radius 3 is 2.71 bits per heavy atom. The van der Waals surface area contributed by atoms with E-state index >= 15 is 0 Å². The molecule has 2 aromatic heterocycles. The van der Waals surface area contributed by atoms with Crippen LogP contribution in [0.25, 0.3) is 44.6 Å². The number of fused-ring (bicyclic) bond motifs is 5. The lowest BCUT2D eigenvalue weighted by molar-refractivity contribution is -0.115. The maximum atomic E-state index is 13.7. The van der Waals surface area contributed by atoms with Crippen LogP contribution in [-0.4, -0.2) is 56.6 Å². The number of amides is 2. The summed E-state index contributed by atoms with van der Waals surface area (Å²) in [6.07, 6.45) is 4.94. The van der Waals surface area contributed by atoms with E-state index in [1.54, 1.807) is 7.11 Å². The van der Waals surface area contributed by atoms with Crippen LogP contribution in [0.15, 0.2) is 54.6 Å². The summed E-state index contributed by atoms with van der Waals surface area (Å²) >= 11 is 0. The molecule has 3 aromatic carbocycles. The summed E-state index contributed by atoms with van der Waals surface area (Å²) in [7, 11) is 3.67. The Kier molecular flexibility index (Phi) is 5.75. The van der Waals surface area contributed by atoms with Crippen LogP contribution >= 0.6 is 0 Å². The molecule has 9 rings (SSSR count). The number of hydrogen-bond acceptors (Lipinski definition) is 5. The van der Waals surface area contributed by atoms with Crippen molar-refractivity contribution >= 4 is 39.4 Å². The summed E-state index contributed by atoms with van der Waals surface area (Å²) in [5, 5.41) is 4.21. The van der Waals surface area contributed by atoms with Gasteiger partial charge in [0, 0.05) is 54.3 Å². The highest BCUT2D eigenvalue weighted by atomic mass is 16.5. The van der Waals surface area contributed by atoms with Crippen LogP contribution in [0.2, 0.25) is 0 Å². The second kappa shape index (κ2) is 9.68. The number of methoxy groups -OCH3 is 1. The Balaban J connectivity index is 1.16. The molecule has 3 fully saturated rings. The first kappa shape index (κ1) is 26.7. The molecule has 0 radical (unpaired) electrons. The summed E-state index contributed by atoms with van der Waals surface area (Å²) in [4.78, 5) is 33.1. The number of rotatable bonds is 6. The number of carbonyl (C=O) groups is 2. The fraction of sp³-hybridized carbons (Fsp3) is 0.361. The molecule has 1 saturated heterocycles. The maximum Gasteiger partial charge on any atom is 0.254 e. The number of benzene rings is 3. The topological polar surface area (TPSA) is 107 Å². The Morgan fingerprint density at radius 1 is 1.09 bits per heavy atom. The van der Waals surface area contributed by atoms with Crippen molar-refractivity contribution in [2.24, 2.45) is 24.6 Å². The van der Waals surface area contributed by atoms with E-state index in [1.165, 1.54) is 12.8 Å². The smallest absolute Gasteiger partial charge is 0.254 e. The van der Waals surface area contributed by atoms with Gasteiger partial charge in [-0.25, -0.2) is 4.98 Å². The van der Waals surface area contributed by atoms with E-state index in [9.17, 15) is 9.59 Å². The van der Waals surface area contributed by atoms with E-state index in [-0.39, 0.29) is 23.9 Å². The van der Waals surface area contributed by atoms with E-state index in [4.69, 9.17) is 15.5 Å². The molecule has 45 heavy (non-hydrogen) atoms. The first-order chi connectivity index (χ1) is 21.9. The van der Waals surface area contributed by atoms with Gasteiger partial charge in [0.1, 0.15) is 11.3 Å². The third kappa shape index (κ3) is 4.06. The molecule has 5 aromatic rings. The summed E-state index contributed by atoms with van der Waals surface area (Å²) in [6, 6.07) is 18.9. The number of nitrogens with two attached hydrogens (primary N) is 1. The number of aromatic nitrogens is 3. The van der Waals surface area contributed by atoms with Gasteiger partial charge in [0.15, 0.2) is 5.82 Å². The van der Waals surface area contributed by atoms with Gasteiger partial charge in [0.25, 0.3) is 5.91 Å². The van der Waals surface area contributed by atoms with Crippen LogP contribution < -0.4 is 15.8 Å². The average molecular weight is 601 g/mol. The fourth-order valence-corrected chi connectivity index (χ4v) is 8.12. The van der Waals surface area contributed by atoms with Crippen molar-refractivity contribution in [2.45, 2.75) is 50.7 Å². The third-order valence-electron chi connectivity index (χ3n) is 10.7. The minimum absolute atomic E-state index is 0.00372. The zero-order valence-electron chi connectivity index (χ0n) is 25.5. The minimum atomic E-state index is 0.00372. The van der Waals surface area contributed by atoms with E-state index < -0.39 is 0 Å². The van der Waals surface area contributed by atoms with Crippen LogP contribution in [0, 0.1) is 11.8 Å². The average Bonchev–Trinajstić information content (AvgIpc) is 3.27. The normalized spacial score (nSPS) is 22.1. The number of likely N-dealkylation sites (tertiary alicyclic amines) is 1. The number of anilines is 1. The molecule has 4 aliphatic rings. The summed E-state index contributed by atoms with van der Waals surface area (Å²) < 4.78 is 10.4. The second-order valence-corrected chi connectivity index (χ2v) is 13.4. The molecule has 3 N–H and O–H groups in total. The van der Waals surface area contributed by atoms with Crippen molar-refractivity contribution in [1.82, 2.24) is 19.0 Å². The maximum absolute atomic E-state index is 13.7. The predicted molar refractivity (Wildman–Crippen MR) is 174 cm³/mol. The first-order valence-corrected chi connectivity index (χ1v) is 16.0. The molecule has 9 nitrogen and oxygen atoms in total. The van der Waals surface area contributed by atoms with E-state index in [1.807, 2.05) is 36.2 Å². The molecule has 228 valence electrons. The summed E-state index contributed by atoms with van der Waals surface area (Å²) in [6.45, 7) is 1.63. The Bertz CT molecular complexity index is 2070. The first-order valence-electron chi connectivity index (χ1n) is 16.0. The number of nitrogens with zero attached hydrogens (tertiary/aromatic N) is 4. The number of imidazole rings is 1. The van der Waals surface area contributed by atoms with Crippen molar-refractivity contribution < 1.29 is 14.3 Å². The molecular weight excluding hydrogens is 564 g/mol. The van der Waals surface area contributed by atoms with Gasteiger partial charge in [-0.05, 0) is 72.9 Å². The van der Waals surface area contributed by atoms with Crippen LogP contribution in [0.4, 0.5) is 5.69 Å². The van der Waals surface area contributed by atoms with Gasteiger partial charge >= 0.3 is 0 Å². The van der Waals surface area contributed by atoms with Gasteiger partial charge in [-0.2, -0.15) is 0 Å². The number of nitrogens with one attached hydrogen (secondary N) is 1. The molecule has 2 amide bonds. The van der Waals surface area contributed by atoms with Gasteiger partial charge in [0.2, 0.25) is 5.91 Å². The lowest BCUT2D eigenvalue weighted by Crippen LogP contribution is -2.41. The van der Waals surface area contributed by atoms with Crippen LogP contribution in [-0.2, 0) is 24.8 Å². The standard InChI is InChI=1S/C36H36N6O3/c1-40-34-26(12-24(15-30(34)45-2)36(44)42-18-23-10-11-27(42)32(23)37)38-35(40)29-14-21-9-8-20(13-28(21)41(29)17-19-6-7-19)25-5-3-4-22-16-31(43)39-33(22)25/h3-5,8-9,12-15,19,23,27,32H,6-7,10-11,16-18,37H2,1-2H3,(H,39,43)/t23?,27?,32-/m1/s1. The lowest BCUT2D eigenvalue weighted by Gasteiger charge is -2.27. The zero-order valence-corrected chi connectivity index (χ0v) is 25.5. The number of hydrogen-bond donors (Lipinski definition) is 2. The number of ether oxygens (including phenoxy) is 1. The molecule has 2 bridgehead atoms. The van der Waals surface area contributed by atoms with Crippen LogP contribution in [0.1, 0.15) is 41.6 Å². The number of para-hydroxylation sites is 1. The predicted octanol–water partition coefficient (Wildman–Crippen LogP) is 5.34. The highest BCUT2D eigenvalue weighted by Crippen LogP contribution is 2.42. The van der Waals surface area contributed by atoms with Crippen molar-refractivity contribution in [3.63, 3.8) is 0 Å². The highest BCUT2D eigenvalue weighted by Gasteiger charge is 2.47. The molecule has 2 aliphatic heterocycles. The van der Waals surface area contributed by atoms with Crippen molar-refractivity contribution in [3.05, 3.63) is 65.7 Å². The summed E-state index contributed by atoms with van der Waals surface area (Å²) in [5.74, 6) is 2.54. The number of piperidine rings is 1. The quantitative estimate of drug-likeness (QED) is 0.274. The molecule has 0 spiro atoms. The fourth-order valence-electron chi connectivity index (χ4n) is 8.12. The second-order valence-electron chi connectivity index (χ2n) is 13.4. The van der Waals surface area contributed by atoms with Crippen LogP contribution in [0.3, 0.4) is 0 Å². The largest absolute Gasteiger partial charge is 0.494 e. The Morgan fingerprint density at radius 2 is 1.96 bits per heavy atom. The van der Waals surface area contributed by atoms with Gasteiger partial charge in [0.05, 0.1) is 30.4 Å². The Hall–Kier alpha value is -4.63.